The van der Waals surface area contributed by atoms with Crippen LogP contribution in [0.25, 0.3) is 0 Å². The van der Waals surface area contributed by atoms with Crippen LogP contribution in [0.1, 0.15) is 156 Å². The zero-order valence-electron chi connectivity index (χ0n) is 25.3. The number of hydrogen-bond acceptors (Lipinski definition) is 4. The summed E-state index contributed by atoms with van der Waals surface area (Å²) in [6.45, 7) is 8.61. The van der Waals surface area contributed by atoms with Gasteiger partial charge in [0.2, 0.25) is 11.8 Å². The van der Waals surface area contributed by atoms with E-state index in [4.69, 9.17) is 0 Å². The van der Waals surface area contributed by atoms with Crippen LogP contribution in [0.2, 0.25) is 0 Å². The average Bonchev–Trinajstić information content (AvgIpc) is 2.88. The molecule has 0 atom stereocenters. The van der Waals surface area contributed by atoms with Gasteiger partial charge in [0.05, 0.1) is 6.54 Å². The molecule has 0 bridgehead atoms. The van der Waals surface area contributed by atoms with Crippen LogP contribution in [0, 0.1) is 11.8 Å². The molecule has 0 fully saturated rings. The predicted octanol–water partition coefficient (Wildman–Crippen LogP) is 7.47. The van der Waals surface area contributed by atoms with Crippen molar-refractivity contribution in [1.29, 1.82) is 0 Å². The van der Waals surface area contributed by atoms with Crippen LogP contribution in [0.15, 0.2) is 0 Å². The fraction of sp³-hybridized carbons (Fsp3) is 0.875. The highest BCUT2D eigenvalue weighted by Gasteiger charge is 2.09. The molecule has 222 valence electrons. The number of ketones is 2. The van der Waals surface area contributed by atoms with Crippen molar-refractivity contribution >= 4 is 23.4 Å². The van der Waals surface area contributed by atoms with Crippen LogP contribution >= 0.6 is 0 Å². The van der Waals surface area contributed by atoms with Gasteiger partial charge in [-0.2, -0.15) is 0 Å². The first-order chi connectivity index (χ1) is 18.2. The van der Waals surface area contributed by atoms with Crippen LogP contribution in [0.4, 0.5) is 0 Å². The maximum Gasteiger partial charge on any atom is 0.220 e. The highest BCUT2D eigenvalue weighted by molar-refractivity contribution is 5.87. The summed E-state index contributed by atoms with van der Waals surface area (Å²) in [4.78, 5) is 46.8. The number of hydrogen-bond donors (Lipinski definition) is 2. The van der Waals surface area contributed by atoms with Crippen molar-refractivity contribution in [1.82, 2.24) is 10.6 Å². The minimum Gasteiger partial charge on any atom is -0.356 e. The third-order valence-corrected chi connectivity index (χ3v) is 7.23. The van der Waals surface area contributed by atoms with Crippen molar-refractivity contribution in [2.45, 2.75) is 156 Å². The van der Waals surface area contributed by atoms with Crippen LogP contribution in [-0.2, 0) is 19.2 Å². The molecule has 0 unspecified atom stereocenters. The number of carbonyl (C=O) groups excluding carboxylic acids is 4. The van der Waals surface area contributed by atoms with E-state index in [1.165, 1.54) is 64.2 Å². The van der Waals surface area contributed by atoms with Gasteiger partial charge in [-0.3, -0.25) is 19.2 Å². The number of Topliss-reactive ketones (excluding diaryl/α,β-unsaturated/α-hetero) is 2. The average molecular weight is 537 g/mol. The largest absolute Gasteiger partial charge is 0.356 e. The molecular formula is C32H60N2O4. The first-order valence-corrected chi connectivity index (χ1v) is 15.8. The summed E-state index contributed by atoms with van der Waals surface area (Å²) < 4.78 is 0. The third kappa shape index (κ3) is 24.6. The monoisotopic (exact) mass is 536 g/mol. The van der Waals surface area contributed by atoms with Crippen molar-refractivity contribution < 1.29 is 19.2 Å². The van der Waals surface area contributed by atoms with Crippen molar-refractivity contribution in [2.24, 2.45) is 11.8 Å². The lowest BCUT2D eigenvalue weighted by molar-refractivity contribution is -0.126. The Labute approximate surface area is 234 Å². The van der Waals surface area contributed by atoms with Crippen molar-refractivity contribution in [3.05, 3.63) is 0 Å². The van der Waals surface area contributed by atoms with E-state index in [9.17, 15) is 19.2 Å². The quantitative estimate of drug-likeness (QED) is 0.106. The number of nitrogens with one attached hydrogen (secondary N) is 2. The summed E-state index contributed by atoms with van der Waals surface area (Å²) >= 11 is 0. The molecule has 0 spiro atoms. The molecule has 6 nitrogen and oxygen atoms in total. The maximum absolute atomic E-state index is 12.0. The molecule has 0 aliphatic heterocycles. The minimum atomic E-state index is -0.0313. The highest BCUT2D eigenvalue weighted by Crippen LogP contribution is 2.13. The molecular weight excluding hydrogens is 476 g/mol. The van der Waals surface area contributed by atoms with Crippen molar-refractivity contribution in [3.8, 4) is 0 Å². The van der Waals surface area contributed by atoms with Gasteiger partial charge in [0.15, 0.2) is 5.78 Å². The number of carbonyl (C=O) groups is 4. The third-order valence-electron chi connectivity index (χ3n) is 7.23. The van der Waals surface area contributed by atoms with Gasteiger partial charge in [-0.15, -0.1) is 0 Å². The van der Waals surface area contributed by atoms with Gasteiger partial charge in [0.25, 0.3) is 0 Å². The van der Waals surface area contributed by atoms with Gasteiger partial charge in [0.1, 0.15) is 5.78 Å². The molecule has 38 heavy (non-hydrogen) atoms. The van der Waals surface area contributed by atoms with Crippen LogP contribution < -0.4 is 10.6 Å². The van der Waals surface area contributed by atoms with E-state index >= 15 is 0 Å². The molecule has 0 aliphatic carbocycles. The lowest BCUT2D eigenvalue weighted by Crippen LogP contribution is -2.31. The Hall–Kier alpha value is -1.72. The molecule has 0 aromatic rings. The molecule has 0 saturated heterocycles. The highest BCUT2D eigenvalue weighted by atomic mass is 16.2. The minimum absolute atomic E-state index is 0.0213. The molecule has 0 heterocycles. The topological polar surface area (TPSA) is 92.3 Å². The van der Waals surface area contributed by atoms with E-state index in [0.717, 1.165) is 57.9 Å². The standard InChI is InChI=1S/C32H60N2O4/c1-27(2)29(35)22-18-14-10-6-5-9-13-17-21-25-33-31(37)23-19-15-11-7-8-12-16-20-24-32(38)34-26-30(36)28(3)4/h27-28H,5-26H2,1-4H3,(H,33,37)(H,34,38). The summed E-state index contributed by atoms with van der Waals surface area (Å²) in [5, 5.41) is 5.77. The molecule has 2 amide bonds. The first-order valence-electron chi connectivity index (χ1n) is 15.8. The van der Waals surface area contributed by atoms with Gasteiger partial charge in [-0.25, -0.2) is 0 Å². The summed E-state index contributed by atoms with van der Waals surface area (Å²) in [5.41, 5.74) is 0. The Morgan fingerprint density at radius 3 is 1.18 bits per heavy atom. The zero-order valence-corrected chi connectivity index (χ0v) is 25.3. The zero-order chi connectivity index (χ0) is 28.4. The molecule has 0 rings (SSSR count). The van der Waals surface area contributed by atoms with Crippen molar-refractivity contribution in [2.75, 3.05) is 13.1 Å². The second-order valence-electron chi connectivity index (χ2n) is 11.6. The Bertz CT molecular complexity index is 631. The second-order valence-corrected chi connectivity index (χ2v) is 11.6. The van der Waals surface area contributed by atoms with Gasteiger partial charge in [0, 0.05) is 37.6 Å². The lowest BCUT2D eigenvalue weighted by atomic mass is 10.0. The fourth-order valence-corrected chi connectivity index (χ4v) is 4.38. The van der Waals surface area contributed by atoms with E-state index in [0.29, 0.717) is 18.6 Å². The lowest BCUT2D eigenvalue weighted by Gasteiger charge is -2.07. The van der Waals surface area contributed by atoms with Crippen molar-refractivity contribution in [3.63, 3.8) is 0 Å². The number of rotatable bonds is 27. The fourth-order valence-electron chi connectivity index (χ4n) is 4.38. The number of amides is 2. The van der Waals surface area contributed by atoms with Gasteiger partial charge in [-0.05, 0) is 25.7 Å². The molecule has 0 aromatic carbocycles. The molecule has 0 radical (unpaired) electrons. The maximum atomic E-state index is 12.0. The summed E-state index contributed by atoms with van der Waals surface area (Å²) in [6, 6.07) is 0. The van der Waals surface area contributed by atoms with Crippen LogP contribution in [0.5, 0.6) is 0 Å². The molecule has 2 N–H and O–H groups in total. The Balaban J connectivity index is 3.31. The second kappa shape index (κ2) is 25.6. The Kier molecular flexibility index (Phi) is 24.4. The van der Waals surface area contributed by atoms with E-state index in [2.05, 4.69) is 10.6 Å². The van der Waals surface area contributed by atoms with E-state index < -0.39 is 0 Å². The summed E-state index contributed by atoms with van der Waals surface area (Å²) in [7, 11) is 0. The van der Waals surface area contributed by atoms with E-state index in [-0.39, 0.29) is 36.0 Å². The van der Waals surface area contributed by atoms with Gasteiger partial charge < -0.3 is 10.6 Å². The molecule has 6 heteroatoms. The first kappa shape index (κ1) is 36.3. The predicted molar refractivity (Wildman–Crippen MR) is 158 cm³/mol. The molecule has 0 aromatic heterocycles. The van der Waals surface area contributed by atoms with E-state index in [1.54, 1.807) is 0 Å². The molecule has 0 saturated carbocycles. The van der Waals surface area contributed by atoms with Crippen LogP contribution in [0.3, 0.4) is 0 Å². The number of unbranched alkanes of at least 4 members (excludes halogenated alkanes) is 15. The Morgan fingerprint density at radius 2 is 0.763 bits per heavy atom. The summed E-state index contributed by atoms with van der Waals surface area (Å²) in [5.74, 6) is 0.792. The van der Waals surface area contributed by atoms with Gasteiger partial charge in [-0.1, -0.05) is 111 Å². The summed E-state index contributed by atoms with van der Waals surface area (Å²) in [6.07, 6.45) is 21.4. The molecule has 0 aliphatic rings. The van der Waals surface area contributed by atoms with E-state index in [1.807, 2.05) is 27.7 Å². The normalized spacial score (nSPS) is 11.2. The Morgan fingerprint density at radius 1 is 0.421 bits per heavy atom. The van der Waals surface area contributed by atoms with Gasteiger partial charge >= 0.3 is 0 Å². The SMILES string of the molecule is CC(C)C(=O)CCCCCCCCCCCNC(=O)CCCCCCCCCCC(=O)NCC(=O)C(C)C. The van der Waals surface area contributed by atoms with Crippen LogP contribution in [-0.4, -0.2) is 36.5 Å². The smallest absolute Gasteiger partial charge is 0.220 e.